The van der Waals surface area contributed by atoms with Crippen molar-refractivity contribution in [3.8, 4) is 0 Å². The molecule has 0 radical (unpaired) electrons. The number of thioether (sulfide) groups is 1. The number of hydrazine groups is 1. The van der Waals surface area contributed by atoms with Crippen molar-refractivity contribution in [3.63, 3.8) is 0 Å². The third kappa shape index (κ3) is 4.45. The summed E-state index contributed by atoms with van der Waals surface area (Å²) in [5, 5.41) is 0.781. The van der Waals surface area contributed by atoms with E-state index in [-0.39, 0.29) is 17.6 Å². The number of hydrogen-bond acceptors (Lipinski definition) is 5. The van der Waals surface area contributed by atoms with Crippen LogP contribution in [0.25, 0.3) is 11.0 Å². The van der Waals surface area contributed by atoms with Gasteiger partial charge in [-0.15, -0.1) is 0 Å². The number of hydrogen-bond donors (Lipinski definition) is 2. The van der Waals surface area contributed by atoms with Crippen LogP contribution in [0.1, 0.15) is 17.3 Å². The Kier molecular flexibility index (Phi) is 6.20. The molecule has 0 spiro atoms. The molecule has 146 valence electrons. The predicted octanol–water partition coefficient (Wildman–Crippen LogP) is 2.68. The molecule has 0 saturated carbocycles. The largest absolute Gasteiger partial charge is 0.378 e. The van der Waals surface area contributed by atoms with Crippen LogP contribution < -0.4 is 15.8 Å². The van der Waals surface area contributed by atoms with Gasteiger partial charge in [0.25, 0.3) is 5.91 Å². The van der Waals surface area contributed by atoms with Crippen LogP contribution in [-0.4, -0.2) is 41.2 Å². The van der Waals surface area contributed by atoms with Crippen LogP contribution >= 0.6 is 11.8 Å². The third-order valence-corrected chi connectivity index (χ3v) is 5.18. The van der Waals surface area contributed by atoms with Crippen LogP contribution in [-0.2, 0) is 11.3 Å². The topological polar surface area (TPSA) is 79.3 Å². The number of fused-ring (bicyclic) bond motifs is 1. The highest BCUT2D eigenvalue weighted by Gasteiger charge is 2.13. The van der Waals surface area contributed by atoms with Gasteiger partial charge >= 0.3 is 0 Å². The molecule has 8 heteroatoms. The highest BCUT2D eigenvalue weighted by atomic mass is 32.2. The second kappa shape index (κ2) is 8.79. The summed E-state index contributed by atoms with van der Waals surface area (Å²) in [5.41, 5.74) is 8.26. The van der Waals surface area contributed by atoms with Crippen molar-refractivity contribution in [1.29, 1.82) is 0 Å². The maximum atomic E-state index is 12.2. The van der Waals surface area contributed by atoms with Gasteiger partial charge in [-0.3, -0.25) is 20.4 Å². The smallest absolute Gasteiger partial charge is 0.269 e. The molecule has 7 nitrogen and oxygen atoms in total. The van der Waals surface area contributed by atoms with Crippen molar-refractivity contribution in [2.75, 3.05) is 24.7 Å². The Morgan fingerprint density at radius 3 is 2.64 bits per heavy atom. The van der Waals surface area contributed by atoms with Gasteiger partial charge in [-0.2, -0.15) is 0 Å². The number of aryl methyl sites for hydroxylation is 1. The monoisotopic (exact) mass is 397 g/mol. The number of carbonyl (C=O) groups is 2. The first-order valence-corrected chi connectivity index (χ1v) is 9.92. The van der Waals surface area contributed by atoms with Gasteiger partial charge in [0.15, 0.2) is 5.16 Å². The highest BCUT2D eigenvalue weighted by molar-refractivity contribution is 7.99. The zero-order chi connectivity index (χ0) is 20.1. The fraction of sp³-hybridized carbons (Fsp3) is 0.250. The molecular formula is C20H23N5O2S. The molecule has 0 aliphatic carbocycles. The Hall–Kier alpha value is -3.00. The zero-order valence-electron chi connectivity index (χ0n) is 16.1. The average Bonchev–Trinajstić information content (AvgIpc) is 3.08. The molecule has 0 aliphatic heterocycles. The summed E-state index contributed by atoms with van der Waals surface area (Å²) in [5.74, 6) is -0.499. The molecule has 3 aromatic rings. The van der Waals surface area contributed by atoms with E-state index in [4.69, 9.17) is 0 Å². The van der Waals surface area contributed by atoms with Gasteiger partial charge in [-0.25, -0.2) is 4.98 Å². The van der Waals surface area contributed by atoms with E-state index in [1.807, 2.05) is 56.3 Å². The summed E-state index contributed by atoms with van der Waals surface area (Å²) in [4.78, 5) is 30.9. The number of benzene rings is 2. The quantitative estimate of drug-likeness (QED) is 0.494. The number of rotatable bonds is 6. The summed E-state index contributed by atoms with van der Waals surface area (Å²) < 4.78 is 2.07. The molecular weight excluding hydrogens is 374 g/mol. The number of para-hydroxylation sites is 2. The molecule has 28 heavy (non-hydrogen) atoms. The fourth-order valence-electron chi connectivity index (χ4n) is 2.76. The lowest BCUT2D eigenvalue weighted by atomic mass is 10.2. The van der Waals surface area contributed by atoms with Crippen LogP contribution in [0.5, 0.6) is 0 Å². The van der Waals surface area contributed by atoms with E-state index >= 15 is 0 Å². The molecule has 0 bridgehead atoms. The van der Waals surface area contributed by atoms with Gasteiger partial charge in [-0.1, -0.05) is 30.0 Å². The number of carbonyl (C=O) groups excluding carboxylic acids is 2. The lowest BCUT2D eigenvalue weighted by Gasteiger charge is -2.13. The Morgan fingerprint density at radius 2 is 1.89 bits per heavy atom. The first-order valence-electron chi connectivity index (χ1n) is 8.94. The normalized spacial score (nSPS) is 10.7. The molecule has 2 aromatic carbocycles. The van der Waals surface area contributed by atoms with Gasteiger partial charge < -0.3 is 9.47 Å². The maximum absolute atomic E-state index is 12.2. The minimum absolute atomic E-state index is 0.154. The highest BCUT2D eigenvalue weighted by Crippen LogP contribution is 2.23. The minimum atomic E-state index is -0.358. The molecule has 0 unspecified atom stereocenters. The molecule has 0 aliphatic rings. The first-order chi connectivity index (χ1) is 13.5. The number of nitrogens with zero attached hydrogens (tertiary/aromatic N) is 3. The van der Waals surface area contributed by atoms with Gasteiger partial charge in [0.1, 0.15) is 0 Å². The zero-order valence-corrected chi connectivity index (χ0v) is 16.9. The number of imidazole rings is 1. The molecule has 1 heterocycles. The summed E-state index contributed by atoms with van der Waals surface area (Å²) in [7, 11) is 3.80. The number of anilines is 1. The Labute approximate surface area is 168 Å². The molecule has 3 rings (SSSR count). The van der Waals surface area contributed by atoms with Crippen LogP contribution in [0.2, 0.25) is 0 Å². The van der Waals surface area contributed by atoms with Crippen LogP contribution in [0.3, 0.4) is 0 Å². The molecule has 1 aromatic heterocycles. The second-order valence-corrected chi connectivity index (χ2v) is 7.31. The summed E-state index contributed by atoms with van der Waals surface area (Å²) >= 11 is 1.34. The number of aromatic nitrogens is 2. The van der Waals surface area contributed by atoms with Crippen molar-refractivity contribution >= 4 is 40.3 Å². The van der Waals surface area contributed by atoms with Gasteiger partial charge in [-0.05, 0) is 37.3 Å². The summed E-state index contributed by atoms with van der Waals surface area (Å²) in [6.07, 6.45) is 0. The molecule has 2 N–H and O–H groups in total. The van der Waals surface area contributed by atoms with Crippen LogP contribution in [0.15, 0.2) is 53.7 Å². The SMILES string of the molecule is CCn1c(SCC(=O)NNC(=O)c2cccc(N(C)C)c2)nc2ccccc21. The van der Waals surface area contributed by atoms with E-state index in [1.54, 1.807) is 18.2 Å². The Balaban J connectivity index is 1.56. The lowest BCUT2D eigenvalue weighted by molar-refractivity contribution is -0.119. The fourth-order valence-corrected chi connectivity index (χ4v) is 3.64. The van der Waals surface area contributed by atoms with E-state index in [0.29, 0.717) is 5.56 Å². The first kappa shape index (κ1) is 19.8. The van der Waals surface area contributed by atoms with E-state index in [9.17, 15) is 9.59 Å². The van der Waals surface area contributed by atoms with E-state index in [0.717, 1.165) is 28.4 Å². The molecule has 0 fully saturated rings. The Bertz CT molecular complexity index is 999. The third-order valence-electron chi connectivity index (χ3n) is 4.21. The van der Waals surface area contributed by atoms with E-state index < -0.39 is 0 Å². The van der Waals surface area contributed by atoms with Gasteiger partial charge in [0.2, 0.25) is 5.91 Å². The standard InChI is InChI=1S/C20H23N5O2S/c1-4-25-17-11-6-5-10-16(17)21-20(25)28-13-18(26)22-23-19(27)14-8-7-9-15(12-14)24(2)3/h5-12H,4,13H2,1-3H3,(H,22,26)(H,23,27). The average molecular weight is 398 g/mol. The van der Waals surface area contributed by atoms with Crippen LogP contribution in [0, 0.1) is 0 Å². The molecule has 0 atom stereocenters. The van der Waals surface area contributed by atoms with Crippen molar-refractivity contribution < 1.29 is 9.59 Å². The van der Waals surface area contributed by atoms with Gasteiger partial charge in [0, 0.05) is 31.9 Å². The van der Waals surface area contributed by atoms with E-state index in [1.165, 1.54) is 11.8 Å². The second-order valence-electron chi connectivity index (χ2n) is 6.36. The lowest BCUT2D eigenvalue weighted by Crippen LogP contribution is -2.42. The van der Waals surface area contributed by atoms with Crippen molar-refractivity contribution in [1.82, 2.24) is 20.4 Å². The van der Waals surface area contributed by atoms with E-state index in [2.05, 4.69) is 20.4 Å². The summed E-state index contributed by atoms with van der Waals surface area (Å²) in [6, 6.07) is 15.1. The predicted molar refractivity (Wildman–Crippen MR) is 113 cm³/mol. The number of amides is 2. The molecule has 2 amide bonds. The Morgan fingerprint density at radius 1 is 1.11 bits per heavy atom. The van der Waals surface area contributed by atoms with Gasteiger partial charge in [0.05, 0.1) is 16.8 Å². The maximum Gasteiger partial charge on any atom is 0.269 e. The van der Waals surface area contributed by atoms with Crippen molar-refractivity contribution in [2.45, 2.75) is 18.6 Å². The molecule has 0 saturated heterocycles. The van der Waals surface area contributed by atoms with Crippen molar-refractivity contribution in [3.05, 3.63) is 54.1 Å². The van der Waals surface area contributed by atoms with Crippen molar-refractivity contribution in [2.24, 2.45) is 0 Å². The number of nitrogens with one attached hydrogen (secondary N) is 2. The minimum Gasteiger partial charge on any atom is -0.378 e. The summed E-state index contributed by atoms with van der Waals surface area (Å²) in [6.45, 7) is 2.81. The van der Waals surface area contributed by atoms with Crippen LogP contribution in [0.4, 0.5) is 5.69 Å².